The first-order chi connectivity index (χ1) is 21.3. The van der Waals surface area contributed by atoms with Crippen molar-refractivity contribution in [2.45, 2.75) is 64.7 Å². The van der Waals surface area contributed by atoms with Gasteiger partial charge in [0.1, 0.15) is 0 Å². The van der Waals surface area contributed by atoms with Crippen LogP contribution in [0.5, 0.6) is 0 Å². The van der Waals surface area contributed by atoms with Crippen LogP contribution in [0.15, 0.2) is 24.3 Å². The van der Waals surface area contributed by atoms with E-state index in [-0.39, 0.29) is 57.0 Å². The van der Waals surface area contributed by atoms with E-state index in [2.05, 4.69) is 4.90 Å². The smallest absolute Gasteiger partial charge is 0.335 e. The molecule has 10 N–H and O–H groups in total. The second-order valence-electron chi connectivity index (χ2n) is 9.94. The molecule has 15 heteroatoms. The predicted molar refractivity (Wildman–Crippen MR) is 164 cm³/mol. The Kier molecular flexibility index (Phi) is 31.7. The lowest BCUT2D eigenvalue weighted by atomic mass is 9.88. The monoisotopic (exact) mass is 651 g/mol. The first-order valence-corrected chi connectivity index (χ1v) is 14.7. The third kappa shape index (κ3) is 30.6. The summed E-state index contributed by atoms with van der Waals surface area (Å²) in [6.07, 6.45) is 5.44. The van der Waals surface area contributed by atoms with Gasteiger partial charge in [0.2, 0.25) is 0 Å². The van der Waals surface area contributed by atoms with Gasteiger partial charge in [-0.1, -0.05) is 25.8 Å². The third-order valence-electron chi connectivity index (χ3n) is 6.17. The average molecular weight is 652 g/mol. The fourth-order valence-corrected chi connectivity index (χ4v) is 2.84. The van der Waals surface area contributed by atoms with Crippen LogP contribution in [0, 0.1) is 5.41 Å². The maximum Gasteiger partial charge on any atom is 0.335 e. The maximum atomic E-state index is 10.4. The van der Waals surface area contributed by atoms with Gasteiger partial charge in [0.25, 0.3) is 0 Å². The summed E-state index contributed by atoms with van der Waals surface area (Å²) in [4.78, 5) is 42.7. The summed E-state index contributed by atoms with van der Waals surface area (Å²) in [5, 5.41) is 84.1. The molecule has 0 aliphatic carbocycles. The van der Waals surface area contributed by atoms with E-state index in [1.165, 1.54) is 31.3 Å². The van der Waals surface area contributed by atoms with E-state index < -0.39 is 29.3 Å². The Bertz CT molecular complexity index is 836. The van der Waals surface area contributed by atoms with E-state index in [1.54, 1.807) is 0 Å². The lowest BCUT2D eigenvalue weighted by molar-refractivity contribution is -0.139. The van der Waals surface area contributed by atoms with Gasteiger partial charge in [0.15, 0.2) is 0 Å². The number of hydrogen-bond acceptors (Lipinski definition) is 11. The Morgan fingerprint density at radius 1 is 0.644 bits per heavy atom. The molecule has 0 saturated carbocycles. The van der Waals surface area contributed by atoms with E-state index in [0.717, 1.165) is 38.3 Å². The summed E-state index contributed by atoms with van der Waals surface area (Å²) in [5.41, 5.74) is -0.704. The molecule has 2 rings (SSSR count). The summed E-state index contributed by atoms with van der Waals surface area (Å²) in [7, 11) is 0. The zero-order valence-electron chi connectivity index (χ0n) is 26.1. The molecule has 0 atom stereocenters. The van der Waals surface area contributed by atoms with Crippen LogP contribution in [0.4, 0.5) is 0 Å². The molecule has 0 unspecified atom stereocenters. The minimum Gasteiger partial charge on any atom is -0.481 e. The number of aliphatic hydroxyl groups excluding tert-OH is 6. The number of nitrogens with zero attached hydrogens (tertiary/aromatic N) is 1. The number of benzene rings is 1. The molecule has 1 aliphatic rings. The second-order valence-corrected chi connectivity index (χ2v) is 9.94. The molecule has 1 aromatic carbocycles. The van der Waals surface area contributed by atoms with Gasteiger partial charge in [-0.3, -0.25) is 14.5 Å². The molecule has 45 heavy (non-hydrogen) atoms. The number of carbonyl (C=O) groups is 4. The molecular formula is C30H53NO14. The lowest BCUT2D eigenvalue weighted by Crippen LogP contribution is -2.32. The number of carboxylic acid groups (broad SMARTS) is 4. The average Bonchev–Trinajstić information content (AvgIpc) is 3.85. The highest BCUT2D eigenvalue weighted by Gasteiger charge is 2.24. The highest BCUT2D eigenvalue weighted by Crippen LogP contribution is 2.18. The number of β-amino-alcohol motifs (C(OH)–C–C–N with tert-alkyl or cyclic N) is 1. The van der Waals surface area contributed by atoms with Crippen LogP contribution in [-0.2, 0) is 9.59 Å². The molecule has 1 aromatic rings. The summed E-state index contributed by atoms with van der Waals surface area (Å²) < 4.78 is 0. The first kappa shape index (κ1) is 46.2. The topological polar surface area (TPSA) is 274 Å². The van der Waals surface area contributed by atoms with Crippen molar-refractivity contribution in [3.63, 3.8) is 0 Å². The van der Waals surface area contributed by atoms with Gasteiger partial charge in [-0.15, -0.1) is 0 Å². The Balaban J connectivity index is -0.000000498. The fraction of sp³-hybridized carbons (Fsp3) is 0.667. The van der Waals surface area contributed by atoms with Gasteiger partial charge in [-0.25, -0.2) is 9.59 Å². The Labute approximate surface area is 264 Å². The fourth-order valence-electron chi connectivity index (χ4n) is 2.84. The van der Waals surface area contributed by atoms with Crippen LogP contribution in [-0.4, -0.2) is 139 Å². The minimum absolute atomic E-state index is 0.0186. The van der Waals surface area contributed by atoms with Gasteiger partial charge in [0, 0.05) is 51.1 Å². The molecule has 0 amide bonds. The molecule has 1 fully saturated rings. The Morgan fingerprint density at radius 3 is 1.24 bits per heavy atom. The predicted octanol–water partition coefficient (Wildman–Crippen LogP) is 0.984. The van der Waals surface area contributed by atoms with E-state index in [1.807, 2.05) is 6.92 Å². The van der Waals surface area contributed by atoms with Gasteiger partial charge < -0.3 is 51.1 Å². The van der Waals surface area contributed by atoms with E-state index >= 15 is 0 Å². The molecule has 15 nitrogen and oxygen atoms in total. The first-order valence-electron chi connectivity index (χ1n) is 14.7. The number of rotatable bonds is 18. The number of hydrogen-bond donors (Lipinski definition) is 10. The Hall–Kier alpha value is -3.18. The van der Waals surface area contributed by atoms with E-state index in [4.69, 9.17) is 51.1 Å². The minimum atomic E-state index is -1.13. The van der Waals surface area contributed by atoms with Gasteiger partial charge in [0.05, 0.1) is 37.6 Å². The highest BCUT2D eigenvalue weighted by molar-refractivity contribution is 5.93. The molecule has 0 radical (unpaired) electrons. The van der Waals surface area contributed by atoms with Crippen molar-refractivity contribution in [3.8, 4) is 0 Å². The van der Waals surface area contributed by atoms with Gasteiger partial charge >= 0.3 is 23.9 Å². The van der Waals surface area contributed by atoms with Crippen molar-refractivity contribution in [2.24, 2.45) is 5.41 Å². The summed E-state index contributed by atoms with van der Waals surface area (Å²) in [6.45, 7) is 5.50. The third-order valence-corrected chi connectivity index (χ3v) is 6.17. The summed E-state index contributed by atoms with van der Waals surface area (Å²) in [6, 6.07) is 5.20. The molecular weight excluding hydrogens is 598 g/mol. The summed E-state index contributed by atoms with van der Waals surface area (Å²) >= 11 is 0. The summed E-state index contributed by atoms with van der Waals surface area (Å²) in [5.74, 6) is -3.99. The standard InChI is InChI=1S/C8H6O4.C6H10O4.C6H14O3.C6H14O2.C4H9NO/c9-7(10)5-2-1-3-6(4-5)8(11)12;7-5(8)3-1-2-4-6(9)10;1-2-6(3-7,4-8)5-9;7-5-3-1-2-4-6-8;6-4-3-5-1-2-5/h1-4H,(H,9,10)(H,11,12);1-4H2,(H,7,8)(H,9,10);7-9H,2-5H2,1H3;7-8H,1-6H2;6H,1-4H2. The van der Waals surface area contributed by atoms with Crippen molar-refractivity contribution in [1.29, 1.82) is 0 Å². The molecule has 262 valence electrons. The van der Waals surface area contributed by atoms with Crippen molar-refractivity contribution in [1.82, 2.24) is 4.90 Å². The number of aliphatic hydroxyl groups is 6. The zero-order chi connectivity index (χ0) is 35.1. The van der Waals surface area contributed by atoms with Crippen molar-refractivity contribution >= 4 is 23.9 Å². The number of carboxylic acids is 4. The molecule has 1 heterocycles. The molecule has 0 aromatic heterocycles. The Morgan fingerprint density at radius 2 is 1.04 bits per heavy atom. The lowest BCUT2D eigenvalue weighted by Gasteiger charge is -2.24. The second kappa shape index (κ2) is 30.8. The number of aliphatic carboxylic acids is 2. The van der Waals surface area contributed by atoms with Crippen LogP contribution in [0.1, 0.15) is 85.4 Å². The van der Waals surface area contributed by atoms with E-state index in [0.29, 0.717) is 25.9 Å². The number of unbranched alkanes of at least 4 members (excludes halogenated alkanes) is 4. The normalized spacial score (nSPS) is 11.5. The van der Waals surface area contributed by atoms with Crippen molar-refractivity contribution < 1.29 is 70.2 Å². The molecule has 0 spiro atoms. The van der Waals surface area contributed by atoms with Crippen molar-refractivity contribution in [3.05, 3.63) is 35.4 Å². The quantitative estimate of drug-likeness (QED) is 0.0782. The van der Waals surface area contributed by atoms with Gasteiger partial charge in [-0.05, 0) is 50.3 Å². The largest absolute Gasteiger partial charge is 0.481 e. The molecule has 1 aliphatic heterocycles. The maximum absolute atomic E-state index is 10.4. The van der Waals surface area contributed by atoms with Crippen LogP contribution in [0.2, 0.25) is 0 Å². The molecule has 0 bridgehead atoms. The van der Waals surface area contributed by atoms with E-state index in [9.17, 15) is 19.2 Å². The van der Waals surface area contributed by atoms with Crippen LogP contribution in [0.3, 0.4) is 0 Å². The number of aromatic carboxylic acids is 2. The van der Waals surface area contributed by atoms with Crippen molar-refractivity contribution in [2.75, 3.05) is 59.3 Å². The SMILES string of the molecule is CCC(CO)(CO)CO.O=C(O)CCCCC(=O)O.O=C(O)c1cccc(C(=O)O)c1.OCCCCCCO.OCCN1CC1. The van der Waals surface area contributed by atoms with Gasteiger partial charge in [-0.2, -0.15) is 0 Å². The molecule has 1 saturated heterocycles. The zero-order valence-corrected chi connectivity index (χ0v) is 26.1. The van der Waals surface area contributed by atoms with Crippen LogP contribution in [0.25, 0.3) is 0 Å². The highest BCUT2D eigenvalue weighted by atomic mass is 16.4. The van der Waals surface area contributed by atoms with Crippen LogP contribution < -0.4 is 0 Å². The van der Waals surface area contributed by atoms with Crippen LogP contribution >= 0.6 is 0 Å².